The number of amides is 2. The van der Waals surface area contributed by atoms with Gasteiger partial charge in [-0.05, 0) is 24.3 Å². The van der Waals surface area contributed by atoms with Gasteiger partial charge < -0.3 is 5.32 Å². The highest BCUT2D eigenvalue weighted by atomic mass is 32.2. The minimum absolute atomic E-state index is 0.000835. The molecule has 4 N–H and O–H groups in total. The number of hydrogen-bond acceptors (Lipinski definition) is 4. The summed E-state index contributed by atoms with van der Waals surface area (Å²) in [7, 11) is -3.76. The zero-order chi connectivity index (χ0) is 18.9. The Labute approximate surface area is 149 Å². The molecule has 3 rings (SSSR count). The number of carbonyl (C=O) groups excluding carboxylic acids is 2. The van der Waals surface area contributed by atoms with E-state index < -0.39 is 33.7 Å². The Hall–Kier alpha value is -2.62. The van der Waals surface area contributed by atoms with Crippen LogP contribution in [0.5, 0.6) is 0 Å². The average molecular weight is 378 g/mol. The van der Waals surface area contributed by atoms with Crippen molar-refractivity contribution in [1.29, 1.82) is 0 Å². The predicted octanol–water partition coefficient (Wildman–Crippen LogP) is -0.131. The van der Waals surface area contributed by atoms with Crippen LogP contribution in [-0.4, -0.2) is 26.3 Å². The van der Waals surface area contributed by atoms with Crippen LogP contribution in [0, 0.1) is 5.82 Å². The third-order valence-corrected chi connectivity index (χ3v) is 5.09. The maximum atomic E-state index is 13.9. The molecule has 2 amide bonds. The number of nitrogens with zero attached hydrogens (tertiary/aromatic N) is 1. The zero-order valence-corrected chi connectivity index (χ0v) is 14.4. The van der Waals surface area contributed by atoms with E-state index in [0.29, 0.717) is 6.54 Å². The van der Waals surface area contributed by atoms with E-state index in [1.165, 1.54) is 30.3 Å². The maximum absolute atomic E-state index is 13.9. The van der Waals surface area contributed by atoms with Gasteiger partial charge in [0, 0.05) is 5.56 Å². The van der Waals surface area contributed by atoms with Gasteiger partial charge in [-0.1, -0.05) is 24.3 Å². The molecule has 9 heteroatoms. The maximum Gasteiger partial charge on any atom is 0.292 e. The highest BCUT2D eigenvalue weighted by molar-refractivity contribution is 7.89. The summed E-state index contributed by atoms with van der Waals surface area (Å²) in [6, 6.07) is 10.9. The third-order valence-electron chi connectivity index (χ3n) is 4.16. The highest BCUT2D eigenvalue weighted by Gasteiger charge is 2.43. The smallest absolute Gasteiger partial charge is 0.292 e. The summed E-state index contributed by atoms with van der Waals surface area (Å²) in [4.78, 5) is 25.5. The van der Waals surface area contributed by atoms with Crippen molar-refractivity contribution < 1.29 is 27.7 Å². The number of carbonyl (C=O) groups is 2. The molecule has 0 aliphatic carbocycles. The molecule has 1 heterocycles. The van der Waals surface area contributed by atoms with Gasteiger partial charge in [-0.15, -0.1) is 0 Å². The number of benzene rings is 2. The minimum atomic E-state index is -3.76. The van der Waals surface area contributed by atoms with Gasteiger partial charge in [-0.3, -0.25) is 9.59 Å². The number of hydrogen-bond donors (Lipinski definition) is 2. The molecule has 2 aromatic carbocycles. The fourth-order valence-corrected chi connectivity index (χ4v) is 3.33. The summed E-state index contributed by atoms with van der Waals surface area (Å²) in [5.41, 5.74) is 0.720. The molecular formula is C17H17FN3O4S+. The Morgan fingerprint density at radius 1 is 1.12 bits per heavy atom. The van der Waals surface area contributed by atoms with E-state index >= 15 is 0 Å². The van der Waals surface area contributed by atoms with Gasteiger partial charge in [0.15, 0.2) is 6.04 Å². The van der Waals surface area contributed by atoms with Crippen molar-refractivity contribution in [2.24, 2.45) is 5.14 Å². The molecule has 1 aliphatic heterocycles. The zero-order valence-electron chi connectivity index (χ0n) is 13.6. The summed E-state index contributed by atoms with van der Waals surface area (Å²) in [5.74, 6) is -1.55. The first-order chi connectivity index (χ1) is 12.3. The number of nitrogens with two attached hydrogens (primary N) is 2. The summed E-state index contributed by atoms with van der Waals surface area (Å²) in [6.45, 7) is 0.361. The van der Waals surface area contributed by atoms with Crippen molar-refractivity contribution in [3.05, 3.63) is 59.9 Å². The largest absolute Gasteiger partial charge is 0.332 e. The third kappa shape index (κ3) is 3.64. The Morgan fingerprint density at radius 3 is 2.38 bits per heavy atom. The monoisotopic (exact) mass is 378 g/mol. The first-order valence-electron chi connectivity index (χ1n) is 7.84. The number of primary sulfonamides is 1. The molecule has 1 aliphatic rings. The quantitative estimate of drug-likeness (QED) is 0.705. The lowest BCUT2D eigenvalue weighted by molar-refractivity contribution is -0.690. The van der Waals surface area contributed by atoms with Gasteiger partial charge in [0.2, 0.25) is 15.9 Å². The van der Waals surface area contributed by atoms with Crippen LogP contribution in [0.1, 0.15) is 12.0 Å². The van der Waals surface area contributed by atoms with E-state index in [-0.39, 0.29) is 17.0 Å². The number of imide groups is 1. The van der Waals surface area contributed by atoms with E-state index in [1.807, 2.05) is 0 Å². The lowest BCUT2D eigenvalue weighted by atomic mass is 10.2. The average Bonchev–Trinajstić information content (AvgIpc) is 2.87. The molecule has 1 atom stereocenters. The molecule has 1 saturated heterocycles. The molecule has 0 aromatic heterocycles. The minimum Gasteiger partial charge on any atom is -0.332 e. The highest BCUT2D eigenvalue weighted by Crippen LogP contribution is 2.24. The molecule has 0 radical (unpaired) electrons. The second-order valence-electron chi connectivity index (χ2n) is 5.96. The second kappa shape index (κ2) is 6.94. The van der Waals surface area contributed by atoms with Crippen LogP contribution in [0.3, 0.4) is 0 Å². The van der Waals surface area contributed by atoms with E-state index in [1.54, 1.807) is 23.5 Å². The Morgan fingerprint density at radius 2 is 1.77 bits per heavy atom. The SMILES string of the molecule is NS(=O)(=O)c1ccc(C[NH2+][C@@H]2CC(=O)N(c3ccccc3F)C2=O)cc1. The number of halogens is 1. The number of anilines is 1. The molecular weight excluding hydrogens is 361 g/mol. The normalized spacial score (nSPS) is 17.8. The van der Waals surface area contributed by atoms with Gasteiger partial charge in [0.1, 0.15) is 12.4 Å². The topological polar surface area (TPSA) is 114 Å². The number of rotatable bonds is 5. The molecule has 0 spiro atoms. The first kappa shape index (κ1) is 18.2. The Balaban J connectivity index is 1.69. The Kier molecular flexibility index (Phi) is 4.86. The molecule has 26 heavy (non-hydrogen) atoms. The van der Waals surface area contributed by atoms with Crippen LogP contribution in [0.4, 0.5) is 10.1 Å². The number of sulfonamides is 1. The summed E-state index contributed by atoms with van der Waals surface area (Å²) in [6.07, 6.45) is -0.0254. The fourth-order valence-electron chi connectivity index (χ4n) is 2.82. The van der Waals surface area contributed by atoms with Crippen LogP contribution in [0.25, 0.3) is 0 Å². The predicted molar refractivity (Wildman–Crippen MR) is 90.7 cm³/mol. The van der Waals surface area contributed by atoms with E-state index in [0.717, 1.165) is 10.5 Å². The summed E-state index contributed by atoms with van der Waals surface area (Å²) >= 11 is 0. The van der Waals surface area contributed by atoms with Gasteiger partial charge in [-0.25, -0.2) is 22.8 Å². The number of para-hydroxylation sites is 1. The molecule has 0 bridgehead atoms. The van der Waals surface area contributed by atoms with Crippen molar-refractivity contribution in [2.75, 3.05) is 4.90 Å². The van der Waals surface area contributed by atoms with Gasteiger partial charge in [-0.2, -0.15) is 0 Å². The van der Waals surface area contributed by atoms with Crippen LogP contribution in [-0.2, 0) is 26.2 Å². The summed E-state index contributed by atoms with van der Waals surface area (Å²) in [5, 5.41) is 6.72. The van der Waals surface area contributed by atoms with Crippen LogP contribution < -0.4 is 15.4 Å². The number of quaternary nitrogens is 1. The van der Waals surface area contributed by atoms with Crippen molar-refractivity contribution in [2.45, 2.75) is 23.9 Å². The van der Waals surface area contributed by atoms with Crippen molar-refractivity contribution in [1.82, 2.24) is 0 Å². The van der Waals surface area contributed by atoms with Gasteiger partial charge in [0.25, 0.3) is 5.91 Å². The van der Waals surface area contributed by atoms with Crippen LogP contribution in [0.15, 0.2) is 53.4 Å². The molecule has 2 aromatic rings. The van der Waals surface area contributed by atoms with Crippen molar-refractivity contribution in [3.8, 4) is 0 Å². The van der Waals surface area contributed by atoms with E-state index in [2.05, 4.69) is 0 Å². The molecule has 0 saturated carbocycles. The fraction of sp³-hybridized carbons (Fsp3) is 0.176. The van der Waals surface area contributed by atoms with Crippen molar-refractivity contribution >= 4 is 27.5 Å². The second-order valence-corrected chi connectivity index (χ2v) is 7.52. The van der Waals surface area contributed by atoms with Gasteiger partial charge >= 0.3 is 0 Å². The molecule has 0 unspecified atom stereocenters. The molecule has 7 nitrogen and oxygen atoms in total. The molecule has 1 fully saturated rings. The van der Waals surface area contributed by atoms with E-state index in [9.17, 15) is 22.4 Å². The first-order valence-corrected chi connectivity index (χ1v) is 9.38. The van der Waals surface area contributed by atoms with E-state index in [4.69, 9.17) is 5.14 Å². The lowest BCUT2D eigenvalue weighted by Crippen LogP contribution is -2.90. The van der Waals surface area contributed by atoms with Crippen LogP contribution in [0.2, 0.25) is 0 Å². The lowest BCUT2D eigenvalue weighted by Gasteiger charge is -2.14. The van der Waals surface area contributed by atoms with Gasteiger partial charge in [0.05, 0.1) is 17.0 Å². The standard InChI is InChI=1S/C17H16FN3O4S/c18-13-3-1-2-4-15(13)21-16(22)9-14(17(21)23)20-10-11-5-7-12(8-6-11)26(19,24)25/h1-8,14,20H,9-10H2,(H2,19,24,25)/p+1/t14-/m1/s1. The van der Waals surface area contributed by atoms with Crippen molar-refractivity contribution in [3.63, 3.8) is 0 Å². The summed E-state index contributed by atoms with van der Waals surface area (Å²) < 4.78 is 36.4. The Bertz CT molecular complexity index is 960. The van der Waals surface area contributed by atoms with Crippen LogP contribution >= 0.6 is 0 Å². The molecule has 136 valence electrons.